The molecule has 260 valence electrons. The fourth-order valence-electron chi connectivity index (χ4n) is 2.35. The lowest BCUT2D eigenvalue weighted by atomic mass is 10.4. The monoisotopic (exact) mass is 902 g/mol. The Kier molecular flexibility index (Phi) is 23.4. The molecule has 0 unspecified atom stereocenters. The number of rotatable bonds is 4. The number of hydrogen-bond acceptors (Lipinski definition) is 10. The molecule has 47 heavy (non-hydrogen) atoms. The van der Waals surface area contributed by atoms with Gasteiger partial charge in [0.25, 0.3) is 11.1 Å². The van der Waals surface area contributed by atoms with Gasteiger partial charge in [0.1, 0.15) is 10.0 Å². The third kappa shape index (κ3) is 18.3. The van der Waals surface area contributed by atoms with Gasteiger partial charge in [-0.25, -0.2) is 18.2 Å². The summed E-state index contributed by atoms with van der Waals surface area (Å²) in [5, 5.41) is 25.9. The summed E-state index contributed by atoms with van der Waals surface area (Å²) < 4.78 is 20.0. The lowest BCUT2D eigenvalue weighted by molar-refractivity contribution is 0.285. The molecule has 0 aliphatic heterocycles. The number of aromatic amines is 1. The van der Waals surface area contributed by atoms with Crippen molar-refractivity contribution in [2.24, 2.45) is 0 Å². The number of aliphatic hydroxyl groups is 1. The molecular formula is C25H23Cl9N4O5S4. The molecule has 0 aliphatic rings. The van der Waals surface area contributed by atoms with Crippen molar-refractivity contribution in [1.29, 1.82) is 0 Å². The predicted octanol–water partition coefficient (Wildman–Crippen LogP) is 10.2. The minimum Gasteiger partial charge on any atom is -0.391 e. The summed E-state index contributed by atoms with van der Waals surface area (Å²) in [5.41, 5.74) is -0.886. The van der Waals surface area contributed by atoms with E-state index < -0.39 is 20.2 Å². The van der Waals surface area contributed by atoms with Crippen LogP contribution in [0.25, 0.3) is 0 Å². The molecule has 5 aromatic heterocycles. The minimum absolute atomic E-state index is 0. The fourth-order valence-corrected chi connectivity index (χ4v) is 6.23. The normalized spacial score (nSPS) is 10.0. The van der Waals surface area contributed by atoms with Gasteiger partial charge < -0.3 is 5.11 Å². The van der Waals surface area contributed by atoms with Crippen molar-refractivity contribution in [1.82, 2.24) is 20.0 Å². The number of nitrogens with zero attached hydrogens (tertiary/aromatic N) is 3. The second-order valence-electron chi connectivity index (χ2n) is 7.68. The molecule has 5 aromatic rings. The van der Waals surface area contributed by atoms with E-state index in [1.54, 1.807) is 23.5 Å². The number of aliphatic hydroxyl groups excluding tert-OH is 1. The fraction of sp³-hybridized carbons (Fsp3) is 0.200. The second kappa shape index (κ2) is 23.7. The Labute approximate surface area is 326 Å². The van der Waals surface area contributed by atoms with E-state index in [2.05, 4.69) is 26.0 Å². The van der Waals surface area contributed by atoms with Crippen LogP contribution in [0, 0.1) is 0 Å². The third-order valence-corrected chi connectivity index (χ3v) is 10.4. The van der Waals surface area contributed by atoms with Crippen LogP contribution in [-0.4, -0.2) is 39.8 Å². The van der Waals surface area contributed by atoms with E-state index in [-0.39, 0.29) is 34.1 Å². The van der Waals surface area contributed by atoms with Gasteiger partial charge in [0.05, 0.1) is 62.8 Å². The summed E-state index contributed by atoms with van der Waals surface area (Å²) in [6.45, 7) is 0.350. The summed E-state index contributed by atoms with van der Waals surface area (Å²) >= 11 is 49.3. The first kappa shape index (κ1) is 46.4. The van der Waals surface area contributed by atoms with Crippen molar-refractivity contribution in [3.8, 4) is 0 Å². The Bertz CT molecular complexity index is 1850. The molecule has 22 heteroatoms. The van der Waals surface area contributed by atoms with E-state index in [9.17, 15) is 18.0 Å². The first-order chi connectivity index (χ1) is 21.5. The highest BCUT2D eigenvalue weighted by Gasteiger charge is 2.10. The Hall–Kier alpha value is -0.620. The van der Waals surface area contributed by atoms with Crippen LogP contribution in [0.1, 0.15) is 22.1 Å². The van der Waals surface area contributed by atoms with Gasteiger partial charge in [0.2, 0.25) is 9.05 Å². The quantitative estimate of drug-likeness (QED) is 0.135. The van der Waals surface area contributed by atoms with Crippen LogP contribution in [0.2, 0.25) is 35.2 Å². The molecule has 0 fully saturated rings. The highest BCUT2D eigenvalue weighted by Crippen LogP contribution is 2.24. The average Bonchev–Trinajstić information content (AvgIpc) is 3.73. The second-order valence-corrected chi connectivity index (χ2v) is 16.8. The Balaban J connectivity index is 0.000000594. The summed E-state index contributed by atoms with van der Waals surface area (Å²) in [4.78, 5) is 24.9. The molecule has 0 atom stereocenters. The molecule has 5 rings (SSSR count). The Morgan fingerprint density at radius 2 is 1.23 bits per heavy atom. The lowest BCUT2D eigenvalue weighted by Crippen LogP contribution is -2.23. The van der Waals surface area contributed by atoms with Gasteiger partial charge in [-0.15, -0.1) is 45.6 Å². The highest BCUT2D eigenvalue weighted by molar-refractivity contribution is 8.13. The van der Waals surface area contributed by atoms with Crippen LogP contribution >= 0.6 is 138 Å². The van der Waals surface area contributed by atoms with Gasteiger partial charge in [-0.1, -0.05) is 88.6 Å². The number of nitrogens with one attached hydrogen (secondary N) is 1. The Morgan fingerprint density at radius 3 is 1.57 bits per heavy atom. The molecule has 0 saturated carbocycles. The van der Waals surface area contributed by atoms with Crippen molar-refractivity contribution in [3.63, 3.8) is 0 Å². The molecule has 0 saturated heterocycles. The Morgan fingerprint density at radius 1 is 0.787 bits per heavy atom. The summed E-state index contributed by atoms with van der Waals surface area (Å²) in [7, 11) is 1.31. The standard InChI is InChI=1S/C9H5Cl3N2OS.C5H4Cl2S.C5H5ClOS.C4H2Cl2N2O.CH3ClO2S.CH4/c10-5-1-2-16-7(5)4-14-9(15)8(12)6(11)3-13-14;6-3-5-4(7)1-2-8-5;6-4-1-2-8-5(4)3-7;5-2-1-7-8-4(9)3(2)6;1-5(2,3)4;/h1-3H,4H2;1-2H,3H2;1-2,7H,3H2;1H,(H,8,9);1H3;1H4. The average molecular weight is 907 g/mol. The molecule has 0 radical (unpaired) electrons. The van der Waals surface area contributed by atoms with E-state index in [0.29, 0.717) is 22.5 Å². The van der Waals surface area contributed by atoms with Crippen LogP contribution in [0.4, 0.5) is 0 Å². The molecule has 2 N–H and O–H groups in total. The minimum atomic E-state index is -3.19. The number of alkyl halides is 1. The summed E-state index contributed by atoms with van der Waals surface area (Å²) in [6.07, 6.45) is 3.53. The summed E-state index contributed by atoms with van der Waals surface area (Å²) in [6, 6.07) is 5.39. The van der Waals surface area contributed by atoms with Crippen LogP contribution in [0.5, 0.6) is 0 Å². The molecule has 0 bridgehead atoms. The van der Waals surface area contributed by atoms with Crippen LogP contribution in [0.15, 0.2) is 56.3 Å². The number of H-pyrrole nitrogens is 1. The van der Waals surface area contributed by atoms with E-state index in [4.69, 9.17) is 97.9 Å². The van der Waals surface area contributed by atoms with Gasteiger partial charge in [0.15, 0.2) is 0 Å². The third-order valence-electron chi connectivity index (χ3n) is 4.33. The largest absolute Gasteiger partial charge is 0.391 e. The van der Waals surface area contributed by atoms with Crippen LogP contribution in [-0.2, 0) is 28.1 Å². The zero-order valence-corrected chi connectivity index (χ0v) is 32.8. The van der Waals surface area contributed by atoms with E-state index >= 15 is 0 Å². The predicted molar refractivity (Wildman–Crippen MR) is 203 cm³/mol. The maximum atomic E-state index is 11.7. The van der Waals surface area contributed by atoms with Gasteiger partial charge in [-0.2, -0.15) is 10.2 Å². The van der Waals surface area contributed by atoms with Crippen molar-refractivity contribution in [2.75, 3.05) is 6.26 Å². The zero-order valence-electron chi connectivity index (χ0n) is 22.7. The van der Waals surface area contributed by atoms with Crippen molar-refractivity contribution < 1.29 is 13.5 Å². The molecule has 0 aromatic carbocycles. The van der Waals surface area contributed by atoms with Crippen molar-refractivity contribution in [2.45, 2.75) is 26.5 Å². The first-order valence-electron chi connectivity index (χ1n) is 11.5. The topological polar surface area (TPSA) is 135 Å². The maximum Gasteiger partial charge on any atom is 0.287 e. The number of halogens is 9. The number of aromatic nitrogens is 4. The molecule has 5 heterocycles. The van der Waals surface area contributed by atoms with Gasteiger partial charge >= 0.3 is 0 Å². The van der Waals surface area contributed by atoms with Crippen molar-refractivity contribution >= 4 is 147 Å². The molecule has 0 aliphatic carbocycles. The lowest BCUT2D eigenvalue weighted by Gasteiger charge is -2.04. The molecule has 0 amide bonds. The smallest absolute Gasteiger partial charge is 0.287 e. The van der Waals surface area contributed by atoms with E-state index in [1.165, 1.54) is 39.7 Å². The number of hydrogen-bond donors (Lipinski definition) is 2. The highest BCUT2D eigenvalue weighted by atomic mass is 35.7. The maximum absolute atomic E-state index is 11.7. The van der Waals surface area contributed by atoms with Crippen LogP contribution < -0.4 is 11.1 Å². The van der Waals surface area contributed by atoms with Crippen LogP contribution in [0.3, 0.4) is 0 Å². The molecule has 9 nitrogen and oxygen atoms in total. The number of thiophene rings is 3. The van der Waals surface area contributed by atoms with Crippen molar-refractivity contribution in [3.05, 3.63) is 117 Å². The van der Waals surface area contributed by atoms with Gasteiger partial charge in [0, 0.05) is 25.3 Å². The van der Waals surface area contributed by atoms with Gasteiger partial charge in [-0.3, -0.25) is 9.59 Å². The SMILES string of the molecule is C.CS(=O)(=O)Cl.ClCc1sccc1Cl.O=c1[nH]ncc(Cl)c1Cl.O=c1c(Cl)c(Cl)cnn1Cc1sccc1Cl.OCc1sccc1Cl. The first-order valence-corrected chi connectivity index (χ1v) is 20.1. The van der Waals surface area contributed by atoms with E-state index in [1.807, 2.05) is 22.2 Å². The van der Waals surface area contributed by atoms with E-state index in [0.717, 1.165) is 25.9 Å². The van der Waals surface area contributed by atoms with Gasteiger partial charge in [-0.05, 0) is 34.3 Å². The zero-order chi connectivity index (χ0) is 35.0. The molecule has 0 spiro atoms. The summed E-state index contributed by atoms with van der Waals surface area (Å²) in [5.74, 6) is 0.524. The molecular weight excluding hydrogens is 884 g/mol.